The number of Topliss-reactive ketones (excluding diaryl/α,β-unsaturated/α-hetero) is 1. The molecular weight excluding hydrogens is 480 g/mol. The number of ether oxygens (including phenoxy) is 1. The molecule has 3 aliphatic heterocycles. The monoisotopic (exact) mass is 502 g/mol. The number of fused-ring (bicyclic) bond motifs is 5. The van der Waals surface area contributed by atoms with E-state index in [4.69, 9.17) is 9.15 Å². The molecule has 5 heterocycles. The molecule has 0 unspecified atom stereocenters. The number of anilines is 1. The average Bonchev–Trinajstić information content (AvgIpc) is 3.64. The van der Waals surface area contributed by atoms with Crippen LogP contribution in [-0.4, -0.2) is 41.6 Å². The molecule has 0 radical (unpaired) electrons. The molecule has 2 amide bonds. The molecule has 0 bridgehead atoms. The van der Waals surface area contributed by atoms with Crippen LogP contribution in [0.2, 0.25) is 0 Å². The second-order valence-electron chi connectivity index (χ2n) is 9.14. The van der Waals surface area contributed by atoms with E-state index in [1.165, 1.54) is 24.7 Å². The number of esters is 1. The van der Waals surface area contributed by atoms with Crippen molar-refractivity contribution in [3.63, 3.8) is 0 Å². The molecule has 9 heteroatoms. The zero-order valence-corrected chi connectivity index (χ0v) is 20.6. The van der Waals surface area contributed by atoms with Crippen LogP contribution in [0.3, 0.4) is 0 Å². The van der Waals surface area contributed by atoms with Crippen molar-refractivity contribution in [3.05, 3.63) is 81.8 Å². The number of rotatable bonds is 4. The summed E-state index contributed by atoms with van der Waals surface area (Å²) in [4.78, 5) is 58.2. The third-order valence-corrected chi connectivity index (χ3v) is 8.65. The van der Waals surface area contributed by atoms with Gasteiger partial charge in [-0.1, -0.05) is 24.3 Å². The molecule has 4 atom stereocenters. The number of imide groups is 1. The van der Waals surface area contributed by atoms with Crippen LogP contribution in [0.15, 0.2) is 53.3 Å². The van der Waals surface area contributed by atoms with Gasteiger partial charge in [-0.05, 0) is 48.7 Å². The first-order valence-electron chi connectivity index (χ1n) is 11.5. The molecule has 3 aromatic rings. The molecule has 0 saturated carbocycles. The number of hydrogen-bond donors (Lipinski definition) is 0. The molecule has 6 rings (SSSR count). The lowest BCUT2D eigenvalue weighted by Crippen LogP contribution is -2.44. The summed E-state index contributed by atoms with van der Waals surface area (Å²) in [5.74, 6) is -3.52. The van der Waals surface area contributed by atoms with Crippen molar-refractivity contribution in [1.29, 1.82) is 0 Å². The zero-order chi connectivity index (χ0) is 25.3. The maximum Gasteiger partial charge on any atom is 0.341 e. The van der Waals surface area contributed by atoms with Crippen LogP contribution in [0, 0.1) is 25.7 Å². The molecule has 1 aromatic carbocycles. The Kier molecular flexibility index (Phi) is 5.01. The Morgan fingerprint density at radius 2 is 1.78 bits per heavy atom. The van der Waals surface area contributed by atoms with E-state index in [-0.39, 0.29) is 22.1 Å². The Balaban J connectivity index is 1.52. The Morgan fingerprint density at radius 1 is 1.03 bits per heavy atom. The number of methoxy groups -OCH3 is 1. The van der Waals surface area contributed by atoms with E-state index in [1.54, 1.807) is 25.3 Å². The second kappa shape index (κ2) is 8.03. The van der Waals surface area contributed by atoms with Crippen LogP contribution >= 0.6 is 11.3 Å². The van der Waals surface area contributed by atoms with Gasteiger partial charge >= 0.3 is 5.97 Å². The maximum atomic E-state index is 14.1. The van der Waals surface area contributed by atoms with Crippen molar-refractivity contribution in [2.75, 3.05) is 12.0 Å². The number of thiophene rings is 1. The fraction of sp³-hybridized carbons (Fsp3) is 0.259. The Hall–Kier alpha value is -3.98. The van der Waals surface area contributed by atoms with Crippen molar-refractivity contribution in [3.8, 4) is 0 Å². The van der Waals surface area contributed by atoms with Crippen molar-refractivity contribution < 1.29 is 28.3 Å². The highest BCUT2D eigenvalue weighted by Crippen LogP contribution is 2.54. The van der Waals surface area contributed by atoms with Gasteiger partial charge in [-0.2, -0.15) is 0 Å². The highest BCUT2D eigenvalue weighted by atomic mass is 32.1. The minimum absolute atomic E-state index is 0.128. The van der Waals surface area contributed by atoms with Crippen LogP contribution in [-0.2, 0) is 14.3 Å². The van der Waals surface area contributed by atoms with Crippen LogP contribution in [0.4, 0.5) is 5.00 Å². The molecule has 8 nitrogen and oxygen atoms in total. The molecule has 3 aliphatic rings. The highest BCUT2D eigenvalue weighted by molar-refractivity contribution is 7.17. The fourth-order valence-electron chi connectivity index (χ4n) is 5.73. The molecule has 2 saturated heterocycles. The van der Waals surface area contributed by atoms with Gasteiger partial charge in [0.15, 0.2) is 5.76 Å². The van der Waals surface area contributed by atoms with Crippen molar-refractivity contribution in [2.24, 2.45) is 11.8 Å². The fourth-order valence-corrected chi connectivity index (χ4v) is 6.89. The molecule has 0 N–H and O–H groups in total. The van der Waals surface area contributed by atoms with Gasteiger partial charge in [-0.25, -0.2) is 9.69 Å². The summed E-state index contributed by atoms with van der Waals surface area (Å²) in [5.41, 5.74) is 2.67. The SMILES string of the molecule is COC(=O)c1c(N2C(=O)[C@@H]3[C@H](C2=O)[C@H]2c4ccccc4C=CN2[C@@H]3C(=O)c2ccco2)sc(C)c1C. The molecule has 2 aromatic heterocycles. The lowest BCUT2D eigenvalue weighted by Gasteiger charge is -2.34. The first-order valence-corrected chi connectivity index (χ1v) is 12.3. The first kappa shape index (κ1) is 22.5. The minimum atomic E-state index is -0.941. The second-order valence-corrected chi connectivity index (χ2v) is 10.3. The summed E-state index contributed by atoms with van der Waals surface area (Å²) in [6, 6.07) is 9.40. The number of aryl methyl sites for hydroxylation is 1. The Morgan fingerprint density at radius 3 is 2.50 bits per heavy atom. The molecular formula is C27H22N2O6S. The highest BCUT2D eigenvalue weighted by Gasteiger charge is 2.65. The minimum Gasteiger partial charge on any atom is -0.465 e. The zero-order valence-electron chi connectivity index (χ0n) is 19.8. The van der Waals surface area contributed by atoms with Gasteiger partial charge in [-0.3, -0.25) is 14.4 Å². The number of amides is 2. The van der Waals surface area contributed by atoms with Gasteiger partial charge in [0.2, 0.25) is 17.6 Å². The smallest absolute Gasteiger partial charge is 0.341 e. The summed E-state index contributed by atoms with van der Waals surface area (Å²) >= 11 is 1.20. The lowest BCUT2D eigenvalue weighted by molar-refractivity contribution is -0.123. The normalized spacial score (nSPS) is 24.1. The quantitative estimate of drug-likeness (QED) is 0.300. The van der Waals surface area contributed by atoms with E-state index < -0.39 is 41.7 Å². The number of furan rings is 1. The topological polar surface area (TPSA) is 97.1 Å². The van der Waals surface area contributed by atoms with Crippen LogP contribution in [0.5, 0.6) is 0 Å². The summed E-state index contributed by atoms with van der Waals surface area (Å²) in [6.45, 7) is 3.59. The number of nitrogens with zero attached hydrogens (tertiary/aromatic N) is 2. The number of carbonyl (C=O) groups excluding carboxylic acids is 4. The number of carbonyl (C=O) groups is 4. The van der Waals surface area contributed by atoms with Gasteiger partial charge < -0.3 is 14.1 Å². The molecule has 36 heavy (non-hydrogen) atoms. The Bertz CT molecular complexity index is 1470. The van der Waals surface area contributed by atoms with Crippen LogP contribution < -0.4 is 4.90 Å². The molecule has 0 aliphatic carbocycles. The molecule has 0 spiro atoms. The predicted octanol–water partition coefficient (Wildman–Crippen LogP) is 4.14. The number of ketones is 1. The predicted molar refractivity (Wildman–Crippen MR) is 131 cm³/mol. The standard InChI is InChI=1S/C27H22N2O6S/c1-13-14(2)36-26(18(13)27(33)34-3)29-24(31)19-20(25(29)32)22(23(30)17-9-6-12-35-17)28-11-10-15-7-4-5-8-16(15)21(19)28/h4-12,19-22H,1-3H3/t19-,20+,21+,22-/m0/s1. The van der Waals surface area contributed by atoms with Gasteiger partial charge in [-0.15, -0.1) is 11.3 Å². The maximum absolute atomic E-state index is 14.1. The molecule has 2 fully saturated rings. The van der Waals surface area contributed by atoms with E-state index >= 15 is 0 Å². The lowest BCUT2D eigenvalue weighted by atomic mass is 9.84. The van der Waals surface area contributed by atoms with E-state index in [1.807, 2.05) is 42.2 Å². The van der Waals surface area contributed by atoms with Crippen molar-refractivity contribution in [1.82, 2.24) is 4.90 Å². The molecule has 182 valence electrons. The van der Waals surface area contributed by atoms with E-state index in [9.17, 15) is 19.2 Å². The number of benzene rings is 1. The van der Waals surface area contributed by atoms with Gasteiger partial charge in [0.05, 0.1) is 36.8 Å². The van der Waals surface area contributed by atoms with Gasteiger partial charge in [0.25, 0.3) is 0 Å². The third kappa shape index (κ3) is 2.92. The van der Waals surface area contributed by atoms with E-state index in [0.717, 1.165) is 20.9 Å². The van der Waals surface area contributed by atoms with Gasteiger partial charge in [0, 0.05) is 11.1 Å². The summed E-state index contributed by atoms with van der Waals surface area (Å²) < 4.78 is 10.4. The van der Waals surface area contributed by atoms with Crippen LogP contribution in [0.1, 0.15) is 48.5 Å². The summed E-state index contributed by atoms with van der Waals surface area (Å²) in [6.07, 6.45) is 5.09. The number of hydrogen-bond acceptors (Lipinski definition) is 8. The summed E-state index contributed by atoms with van der Waals surface area (Å²) in [5, 5.41) is 0.247. The van der Waals surface area contributed by atoms with Crippen LogP contribution in [0.25, 0.3) is 6.08 Å². The summed E-state index contributed by atoms with van der Waals surface area (Å²) in [7, 11) is 1.27. The van der Waals surface area contributed by atoms with Crippen molar-refractivity contribution >= 4 is 46.0 Å². The Labute approximate surface area is 210 Å². The third-order valence-electron chi connectivity index (χ3n) is 7.45. The van der Waals surface area contributed by atoms with E-state index in [2.05, 4.69) is 0 Å². The largest absolute Gasteiger partial charge is 0.465 e. The van der Waals surface area contributed by atoms with Gasteiger partial charge in [0.1, 0.15) is 11.0 Å². The van der Waals surface area contributed by atoms with E-state index in [0.29, 0.717) is 5.56 Å². The first-order chi connectivity index (χ1) is 17.3. The van der Waals surface area contributed by atoms with Crippen molar-refractivity contribution in [2.45, 2.75) is 25.9 Å². The average molecular weight is 503 g/mol.